The van der Waals surface area contributed by atoms with Crippen molar-refractivity contribution in [1.29, 1.82) is 0 Å². The first-order chi connectivity index (χ1) is 13.7. The number of aliphatic hydroxyl groups is 2. The van der Waals surface area contributed by atoms with Gasteiger partial charge in [0.15, 0.2) is 12.8 Å². The Morgan fingerprint density at radius 1 is 1.28 bits per heavy atom. The third-order valence-electron chi connectivity index (χ3n) is 5.32. The summed E-state index contributed by atoms with van der Waals surface area (Å²) in [6, 6.07) is 0.868. The van der Waals surface area contributed by atoms with Crippen LogP contribution in [0.1, 0.15) is 50.1 Å². The maximum atomic E-state index is 15.1. The zero-order chi connectivity index (χ0) is 21.3. The SMILES string of the molecule is CC(=O)n1c(=O)ccn([C@@H]2O[C@](F)(COC(=O)C3CCCCC3)[C@@H](O)[C@H]2O)c1=O. The smallest absolute Gasteiger partial charge is 0.340 e. The summed E-state index contributed by atoms with van der Waals surface area (Å²) in [6.45, 7) is 0.0102. The Morgan fingerprint density at radius 3 is 2.55 bits per heavy atom. The number of hydrogen-bond donors (Lipinski definition) is 2. The third-order valence-corrected chi connectivity index (χ3v) is 5.32. The van der Waals surface area contributed by atoms with Gasteiger partial charge in [-0.3, -0.25) is 19.0 Å². The Labute approximate surface area is 164 Å². The van der Waals surface area contributed by atoms with Gasteiger partial charge in [-0.2, -0.15) is 4.57 Å². The van der Waals surface area contributed by atoms with Gasteiger partial charge in [-0.15, -0.1) is 0 Å². The zero-order valence-electron chi connectivity index (χ0n) is 15.8. The Hall–Kier alpha value is -2.37. The molecule has 160 valence electrons. The second-order valence-corrected chi connectivity index (χ2v) is 7.37. The highest BCUT2D eigenvalue weighted by atomic mass is 19.2. The highest BCUT2D eigenvalue weighted by Crippen LogP contribution is 2.38. The van der Waals surface area contributed by atoms with Crippen molar-refractivity contribution in [3.05, 3.63) is 33.1 Å². The van der Waals surface area contributed by atoms with Crippen molar-refractivity contribution in [1.82, 2.24) is 9.13 Å². The van der Waals surface area contributed by atoms with Crippen molar-refractivity contribution >= 4 is 11.9 Å². The van der Waals surface area contributed by atoms with Crippen LogP contribution in [0.3, 0.4) is 0 Å². The highest BCUT2D eigenvalue weighted by molar-refractivity contribution is 5.75. The largest absolute Gasteiger partial charge is 0.459 e. The maximum Gasteiger partial charge on any atom is 0.340 e. The lowest BCUT2D eigenvalue weighted by molar-refractivity contribution is -0.218. The predicted molar refractivity (Wildman–Crippen MR) is 94.8 cm³/mol. The molecule has 1 aliphatic heterocycles. The van der Waals surface area contributed by atoms with Crippen LogP contribution < -0.4 is 11.2 Å². The van der Waals surface area contributed by atoms with Crippen LogP contribution in [0.15, 0.2) is 21.9 Å². The van der Waals surface area contributed by atoms with Gasteiger partial charge in [0.1, 0.15) is 12.2 Å². The summed E-state index contributed by atoms with van der Waals surface area (Å²) >= 11 is 0. The topological polar surface area (TPSA) is 137 Å². The van der Waals surface area contributed by atoms with E-state index in [2.05, 4.69) is 0 Å². The molecule has 1 saturated heterocycles. The molecule has 2 fully saturated rings. The standard InChI is InChI=1S/C18H23FN2O8/c1-10(22)21-12(23)7-8-20(17(21)27)15-13(24)14(25)18(19,29-15)9-28-16(26)11-5-3-2-4-6-11/h7-8,11,13-15,24-25H,2-6,9H2,1H3/t13-,14+,15-,18-/m1/s1. The van der Waals surface area contributed by atoms with Crippen LogP contribution >= 0.6 is 0 Å². The zero-order valence-corrected chi connectivity index (χ0v) is 15.8. The van der Waals surface area contributed by atoms with E-state index in [-0.39, 0.29) is 10.5 Å². The van der Waals surface area contributed by atoms with Crippen LogP contribution in [0, 0.1) is 5.92 Å². The van der Waals surface area contributed by atoms with Crippen molar-refractivity contribution in [3.8, 4) is 0 Å². The Kier molecular flexibility index (Phi) is 6.01. The lowest BCUT2D eigenvalue weighted by Gasteiger charge is -2.25. The van der Waals surface area contributed by atoms with Gasteiger partial charge in [-0.1, -0.05) is 19.3 Å². The molecule has 3 rings (SSSR count). The molecule has 29 heavy (non-hydrogen) atoms. The van der Waals surface area contributed by atoms with Gasteiger partial charge < -0.3 is 19.7 Å². The molecule has 1 aromatic heterocycles. The molecule has 2 heterocycles. The molecule has 0 unspecified atom stereocenters. The number of rotatable bonds is 4. The molecule has 0 spiro atoms. The van der Waals surface area contributed by atoms with Crippen molar-refractivity contribution in [2.45, 2.75) is 63.3 Å². The molecule has 1 aromatic rings. The molecule has 0 amide bonds. The molecule has 2 aliphatic rings. The summed E-state index contributed by atoms with van der Waals surface area (Å²) in [5, 5.41) is 20.3. The van der Waals surface area contributed by atoms with E-state index in [1.165, 1.54) is 0 Å². The fourth-order valence-electron chi connectivity index (χ4n) is 3.69. The molecular formula is C18H23FN2O8. The Morgan fingerprint density at radius 2 is 1.93 bits per heavy atom. The number of halogens is 1. The molecule has 10 nitrogen and oxygen atoms in total. The minimum absolute atomic E-state index is 0.282. The molecule has 2 N–H and O–H groups in total. The minimum Gasteiger partial charge on any atom is -0.459 e. The summed E-state index contributed by atoms with van der Waals surface area (Å²) in [6.07, 6.45) is -0.829. The summed E-state index contributed by atoms with van der Waals surface area (Å²) in [5.74, 6) is -4.81. The van der Waals surface area contributed by atoms with Gasteiger partial charge in [-0.05, 0) is 12.8 Å². The van der Waals surface area contributed by atoms with E-state index >= 15 is 4.39 Å². The molecule has 4 atom stereocenters. The van der Waals surface area contributed by atoms with Crippen LogP contribution in [-0.4, -0.2) is 55.9 Å². The van der Waals surface area contributed by atoms with E-state index in [1.54, 1.807) is 0 Å². The molecule has 1 saturated carbocycles. The average molecular weight is 414 g/mol. The number of nitrogens with zero attached hydrogens (tertiary/aromatic N) is 2. The van der Waals surface area contributed by atoms with Crippen molar-refractivity contribution < 1.29 is 33.7 Å². The number of ether oxygens (including phenoxy) is 2. The first-order valence-electron chi connectivity index (χ1n) is 9.40. The third kappa shape index (κ3) is 4.02. The summed E-state index contributed by atoms with van der Waals surface area (Å²) < 4.78 is 26.1. The number of aromatic nitrogens is 2. The number of aliphatic hydroxyl groups excluding tert-OH is 2. The first kappa shape index (κ1) is 21.3. The number of alkyl halides is 1. The van der Waals surface area contributed by atoms with Gasteiger partial charge in [0, 0.05) is 19.2 Å². The Balaban J connectivity index is 1.78. The molecule has 0 aromatic carbocycles. The van der Waals surface area contributed by atoms with E-state index in [9.17, 15) is 29.4 Å². The fourth-order valence-corrected chi connectivity index (χ4v) is 3.69. The number of carbonyl (C=O) groups is 2. The second-order valence-electron chi connectivity index (χ2n) is 7.37. The first-order valence-corrected chi connectivity index (χ1v) is 9.40. The average Bonchev–Trinajstić information content (AvgIpc) is 2.91. The molecule has 1 aliphatic carbocycles. The Bertz CT molecular complexity index is 906. The maximum absolute atomic E-state index is 15.1. The van der Waals surface area contributed by atoms with Crippen LogP contribution in [0.4, 0.5) is 4.39 Å². The quantitative estimate of drug-likeness (QED) is 0.642. The molecule has 0 bridgehead atoms. The number of hydrogen-bond acceptors (Lipinski definition) is 8. The molecule has 0 radical (unpaired) electrons. The number of esters is 1. The molecular weight excluding hydrogens is 391 g/mol. The van der Waals surface area contributed by atoms with Gasteiger partial charge in [0.05, 0.1) is 5.92 Å². The van der Waals surface area contributed by atoms with E-state index in [1.807, 2.05) is 0 Å². The van der Waals surface area contributed by atoms with Crippen molar-refractivity contribution in [2.24, 2.45) is 5.92 Å². The second kappa shape index (κ2) is 8.17. The van der Waals surface area contributed by atoms with Crippen molar-refractivity contribution in [2.75, 3.05) is 6.61 Å². The van der Waals surface area contributed by atoms with Crippen LogP contribution in [0.5, 0.6) is 0 Å². The predicted octanol–water partition coefficient (Wildman–Crippen LogP) is -0.290. The van der Waals surface area contributed by atoms with Gasteiger partial charge in [-0.25, -0.2) is 9.18 Å². The van der Waals surface area contributed by atoms with Gasteiger partial charge >= 0.3 is 11.7 Å². The van der Waals surface area contributed by atoms with E-state index < -0.39 is 54.0 Å². The monoisotopic (exact) mass is 414 g/mol. The van der Waals surface area contributed by atoms with Crippen molar-refractivity contribution in [3.63, 3.8) is 0 Å². The fraction of sp³-hybridized carbons (Fsp3) is 0.667. The summed E-state index contributed by atoms with van der Waals surface area (Å²) in [5.41, 5.74) is -2.07. The van der Waals surface area contributed by atoms with Gasteiger partial charge in [0.25, 0.3) is 11.4 Å². The summed E-state index contributed by atoms with van der Waals surface area (Å²) in [4.78, 5) is 47.7. The number of carbonyl (C=O) groups excluding carboxylic acids is 2. The van der Waals surface area contributed by atoms with Crippen LogP contribution in [-0.2, 0) is 14.3 Å². The highest BCUT2D eigenvalue weighted by Gasteiger charge is 2.57. The normalized spacial score (nSPS) is 30.3. The van der Waals surface area contributed by atoms with Crippen LogP contribution in [0.25, 0.3) is 0 Å². The minimum atomic E-state index is -2.97. The molecule has 11 heteroatoms. The lowest BCUT2D eigenvalue weighted by Crippen LogP contribution is -2.45. The van der Waals surface area contributed by atoms with E-state index in [4.69, 9.17) is 9.47 Å². The summed E-state index contributed by atoms with van der Waals surface area (Å²) in [7, 11) is 0. The van der Waals surface area contributed by atoms with E-state index in [0.29, 0.717) is 17.4 Å². The van der Waals surface area contributed by atoms with E-state index in [0.717, 1.165) is 38.4 Å². The van der Waals surface area contributed by atoms with Crippen LogP contribution in [0.2, 0.25) is 0 Å². The van der Waals surface area contributed by atoms with Gasteiger partial charge in [0.2, 0.25) is 5.91 Å². The lowest BCUT2D eigenvalue weighted by atomic mass is 9.89.